The second-order valence-corrected chi connectivity index (χ2v) is 6.03. The van der Waals surface area contributed by atoms with Gasteiger partial charge < -0.3 is 10.6 Å². The number of hydrogen-bond acceptors (Lipinski definition) is 4. The average Bonchev–Trinajstić information content (AvgIpc) is 2.40. The van der Waals surface area contributed by atoms with Crippen LogP contribution < -0.4 is 10.6 Å². The van der Waals surface area contributed by atoms with Crippen LogP contribution in [0.2, 0.25) is 0 Å². The van der Waals surface area contributed by atoms with Gasteiger partial charge in [0.1, 0.15) is 18.0 Å². The third-order valence-electron chi connectivity index (χ3n) is 2.75. The molecule has 4 nitrogen and oxygen atoms in total. The zero-order valence-electron chi connectivity index (χ0n) is 11.9. The molecule has 2 N–H and O–H groups in total. The molecule has 0 amide bonds. The molecule has 0 aliphatic carbocycles. The van der Waals surface area contributed by atoms with Gasteiger partial charge in [-0.3, -0.25) is 0 Å². The zero-order valence-corrected chi connectivity index (χ0v) is 13.5. The average molecular weight is 335 g/mol. The van der Waals surface area contributed by atoms with Crippen molar-refractivity contribution in [1.29, 1.82) is 0 Å². The molecular weight excluding hydrogens is 316 g/mol. The van der Waals surface area contributed by atoms with Crippen molar-refractivity contribution < 1.29 is 0 Å². The molecule has 0 atom stereocenters. The summed E-state index contributed by atoms with van der Waals surface area (Å²) in [5.74, 6) is 2.18. The lowest BCUT2D eigenvalue weighted by Crippen LogP contribution is -2.09. The molecule has 0 saturated carbocycles. The van der Waals surface area contributed by atoms with Gasteiger partial charge in [0, 0.05) is 17.1 Å². The molecular formula is C15H19BrN4. The smallest absolute Gasteiger partial charge is 0.135 e. The van der Waals surface area contributed by atoms with Crippen LogP contribution in [0, 0.1) is 12.8 Å². The normalized spacial score (nSPS) is 10.7. The van der Waals surface area contributed by atoms with Crippen molar-refractivity contribution in [2.75, 3.05) is 17.2 Å². The largest absolute Gasteiger partial charge is 0.370 e. The Kier molecular flexibility index (Phi) is 4.95. The quantitative estimate of drug-likeness (QED) is 0.852. The molecule has 0 fully saturated rings. The third-order valence-corrected chi connectivity index (χ3v) is 3.40. The first-order chi connectivity index (χ1) is 9.54. The molecule has 0 aliphatic rings. The van der Waals surface area contributed by atoms with Gasteiger partial charge in [-0.1, -0.05) is 19.9 Å². The van der Waals surface area contributed by atoms with E-state index in [0.717, 1.165) is 28.3 Å². The SMILES string of the molecule is Cc1ccc(Nc2cc(NCC(C)C)ncn2)c(Br)c1. The van der Waals surface area contributed by atoms with Gasteiger partial charge in [-0.2, -0.15) is 0 Å². The van der Waals surface area contributed by atoms with Crippen molar-refractivity contribution in [3.05, 3.63) is 40.6 Å². The summed E-state index contributed by atoms with van der Waals surface area (Å²) in [4.78, 5) is 8.46. The summed E-state index contributed by atoms with van der Waals surface area (Å²) in [5.41, 5.74) is 2.20. The fourth-order valence-corrected chi connectivity index (χ4v) is 2.28. The second kappa shape index (κ2) is 6.70. The highest BCUT2D eigenvalue weighted by molar-refractivity contribution is 9.10. The summed E-state index contributed by atoms with van der Waals surface area (Å²) < 4.78 is 1.02. The first-order valence-corrected chi connectivity index (χ1v) is 7.43. The summed E-state index contributed by atoms with van der Waals surface area (Å²) in [6.45, 7) is 7.28. The van der Waals surface area contributed by atoms with Crippen molar-refractivity contribution in [2.24, 2.45) is 5.92 Å². The predicted octanol–water partition coefficient (Wildman–Crippen LogP) is 4.36. The molecule has 106 valence electrons. The fraction of sp³-hybridized carbons (Fsp3) is 0.333. The van der Waals surface area contributed by atoms with E-state index in [9.17, 15) is 0 Å². The summed E-state index contributed by atoms with van der Waals surface area (Å²) in [6, 6.07) is 8.07. The number of aromatic nitrogens is 2. The number of hydrogen-bond donors (Lipinski definition) is 2. The molecule has 0 saturated heterocycles. The number of nitrogens with one attached hydrogen (secondary N) is 2. The number of nitrogens with zero attached hydrogens (tertiary/aromatic N) is 2. The van der Waals surface area contributed by atoms with Crippen LogP contribution in [0.4, 0.5) is 17.3 Å². The predicted molar refractivity (Wildman–Crippen MR) is 87.5 cm³/mol. The maximum atomic E-state index is 4.24. The molecule has 0 radical (unpaired) electrons. The van der Waals surface area contributed by atoms with Gasteiger partial charge in [-0.15, -0.1) is 0 Å². The minimum absolute atomic E-state index is 0.576. The lowest BCUT2D eigenvalue weighted by Gasteiger charge is -2.11. The minimum atomic E-state index is 0.576. The molecule has 20 heavy (non-hydrogen) atoms. The maximum absolute atomic E-state index is 4.24. The Balaban J connectivity index is 2.11. The van der Waals surface area contributed by atoms with Crippen LogP contribution in [0.3, 0.4) is 0 Å². The number of aryl methyl sites for hydroxylation is 1. The number of rotatable bonds is 5. The standard InChI is InChI=1S/C15H19BrN4/c1-10(2)8-17-14-7-15(19-9-18-14)20-13-5-4-11(3)6-12(13)16/h4-7,9-10H,8H2,1-3H3,(H2,17,18,19,20). The van der Waals surface area contributed by atoms with Gasteiger partial charge >= 0.3 is 0 Å². The van der Waals surface area contributed by atoms with E-state index >= 15 is 0 Å². The van der Waals surface area contributed by atoms with Gasteiger partial charge in [-0.25, -0.2) is 9.97 Å². The van der Waals surface area contributed by atoms with E-state index in [1.807, 2.05) is 12.1 Å². The summed E-state index contributed by atoms with van der Waals surface area (Å²) in [6.07, 6.45) is 1.56. The fourth-order valence-electron chi connectivity index (χ4n) is 1.69. The monoisotopic (exact) mass is 334 g/mol. The topological polar surface area (TPSA) is 49.8 Å². The van der Waals surface area contributed by atoms with E-state index in [1.165, 1.54) is 5.56 Å². The van der Waals surface area contributed by atoms with Crippen LogP contribution in [0.5, 0.6) is 0 Å². The van der Waals surface area contributed by atoms with Gasteiger partial charge in [0.15, 0.2) is 0 Å². The Morgan fingerprint density at radius 2 is 1.90 bits per heavy atom. The molecule has 2 aromatic rings. The Hall–Kier alpha value is -1.62. The van der Waals surface area contributed by atoms with E-state index in [1.54, 1.807) is 6.33 Å². The highest BCUT2D eigenvalue weighted by Gasteiger charge is 2.03. The lowest BCUT2D eigenvalue weighted by molar-refractivity contribution is 0.687. The van der Waals surface area contributed by atoms with E-state index in [4.69, 9.17) is 0 Å². The van der Waals surface area contributed by atoms with Gasteiger partial charge in [-0.05, 0) is 46.5 Å². The van der Waals surface area contributed by atoms with E-state index in [0.29, 0.717) is 5.92 Å². The third kappa shape index (κ3) is 4.20. The highest BCUT2D eigenvalue weighted by atomic mass is 79.9. The van der Waals surface area contributed by atoms with Crippen LogP contribution in [0.1, 0.15) is 19.4 Å². The van der Waals surface area contributed by atoms with Crippen LogP contribution in [0.15, 0.2) is 35.1 Å². The van der Waals surface area contributed by atoms with Gasteiger partial charge in [0.25, 0.3) is 0 Å². The molecule has 0 unspecified atom stereocenters. The summed E-state index contributed by atoms with van der Waals surface area (Å²) in [7, 11) is 0. The molecule has 0 spiro atoms. The van der Waals surface area contributed by atoms with Gasteiger partial charge in [0.05, 0.1) is 5.69 Å². The number of benzene rings is 1. The number of halogens is 1. The van der Waals surface area contributed by atoms with E-state index in [-0.39, 0.29) is 0 Å². The van der Waals surface area contributed by atoms with Crippen LogP contribution in [-0.2, 0) is 0 Å². The Morgan fingerprint density at radius 1 is 1.15 bits per heavy atom. The van der Waals surface area contributed by atoms with Crippen molar-refractivity contribution >= 4 is 33.3 Å². The Labute approximate surface area is 128 Å². The van der Waals surface area contributed by atoms with Crippen LogP contribution in [0.25, 0.3) is 0 Å². The second-order valence-electron chi connectivity index (χ2n) is 5.17. The first-order valence-electron chi connectivity index (χ1n) is 6.63. The van der Waals surface area contributed by atoms with Crippen molar-refractivity contribution in [1.82, 2.24) is 9.97 Å². The van der Waals surface area contributed by atoms with Gasteiger partial charge in [0.2, 0.25) is 0 Å². The molecule has 5 heteroatoms. The molecule has 1 heterocycles. The molecule has 0 aliphatic heterocycles. The number of anilines is 3. The first kappa shape index (κ1) is 14.8. The van der Waals surface area contributed by atoms with E-state index in [2.05, 4.69) is 69.4 Å². The van der Waals surface area contributed by atoms with Crippen molar-refractivity contribution in [3.63, 3.8) is 0 Å². The lowest BCUT2D eigenvalue weighted by atomic mass is 10.2. The molecule has 0 bridgehead atoms. The van der Waals surface area contributed by atoms with Crippen LogP contribution in [-0.4, -0.2) is 16.5 Å². The van der Waals surface area contributed by atoms with E-state index < -0.39 is 0 Å². The Morgan fingerprint density at radius 3 is 2.60 bits per heavy atom. The minimum Gasteiger partial charge on any atom is -0.370 e. The molecule has 1 aromatic carbocycles. The highest BCUT2D eigenvalue weighted by Crippen LogP contribution is 2.26. The summed E-state index contributed by atoms with van der Waals surface area (Å²) >= 11 is 3.55. The van der Waals surface area contributed by atoms with Crippen LogP contribution >= 0.6 is 15.9 Å². The summed E-state index contributed by atoms with van der Waals surface area (Å²) in [5, 5.41) is 6.58. The molecule has 1 aromatic heterocycles. The van der Waals surface area contributed by atoms with Crippen molar-refractivity contribution in [3.8, 4) is 0 Å². The Bertz CT molecular complexity index is 584. The maximum Gasteiger partial charge on any atom is 0.135 e. The zero-order chi connectivity index (χ0) is 14.5. The van der Waals surface area contributed by atoms with Crippen molar-refractivity contribution in [2.45, 2.75) is 20.8 Å². The molecule has 2 rings (SSSR count).